The van der Waals surface area contributed by atoms with Crippen molar-refractivity contribution in [3.63, 3.8) is 0 Å². The number of carbonyl (C=O) groups excluding carboxylic acids is 2. The number of rotatable bonds is 2. The second-order valence-corrected chi connectivity index (χ2v) is 5.30. The van der Waals surface area contributed by atoms with E-state index in [4.69, 9.17) is 4.74 Å². The fraction of sp³-hybridized carbons (Fsp3) is 0. The van der Waals surface area contributed by atoms with E-state index in [1.165, 1.54) is 0 Å². The van der Waals surface area contributed by atoms with Gasteiger partial charge in [-0.15, -0.1) is 0 Å². The van der Waals surface area contributed by atoms with Crippen LogP contribution < -0.4 is 4.74 Å². The van der Waals surface area contributed by atoms with Crippen LogP contribution in [0.3, 0.4) is 0 Å². The first-order chi connectivity index (χ1) is 11.3. The predicted octanol–water partition coefficient (Wildman–Crippen LogP) is 4.25. The SMILES string of the molecule is O=C1c2ccccc2C(=O)c2c(Oc3ccccc3)cccc21. The Bertz CT molecular complexity index is 927. The average Bonchev–Trinajstić information content (AvgIpc) is 2.60. The molecule has 0 spiro atoms. The first-order valence-electron chi connectivity index (χ1n) is 7.30. The molecule has 0 heterocycles. The van der Waals surface area contributed by atoms with E-state index >= 15 is 0 Å². The van der Waals surface area contributed by atoms with Crippen LogP contribution in [0.1, 0.15) is 31.8 Å². The summed E-state index contributed by atoms with van der Waals surface area (Å²) in [5.74, 6) is 0.706. The van der Waals surface area contributed by atoms with Crippen molar-refractivity contribution in [2.75, 3.05) is 0 Å². The maximum atomic E-state index is 12.8. The van der Waals surface area contributed by atoms with E-state index in [2.05, 4.69) is 0 Å². The van der Waals surface area contributed by atoms with E-state index in [-0.39, 0.29) is 11.6 Å². The third kappa shape index (κ3) is 2.14. The lowest BCUT2D eigenvalue weighted by molar-refractivity contribution is 0.0977. The first-order valence-corrected chi connectivity index (χ1v) is 7.30. The molecule has 0 saturated carbocycles. The van der Waals surface area contributed by atoms with Crippen LogP contribution in [-0.2, 0) is 0 Å². The number of benzene rings is 3. The summed E-state index contributed by atoms with van der Waals surface area (Å²) in [6, 6.07) is 21.2. The number of hydrogen-bond acceptors (Lipinski definition) is 3. The molecule has 3 heteroatoms. The molecule has 0 saturated heterocycles. The zero-order chi connectivity index (χ0) is 15.8. The van der Waals surface area contributed by atoms with Gasteiger partial charge < -0.3 is 4.74 Å². The summed E-state index contributed by atoms with van der Waals surface area (Å²) < 4.78 is 5.84. The molecule has 0 bridgehead atoms. The summed E-state index contributed by atoms with van der Waals surface area (Å²) in [6.07, 6.45) is 0. The van der Waals surface area contributed by atoms with Crippen LogP contribution in [0.5, 0.6) is 11.5 Å². The van der Waals surface area contributed by atoms with Crippen LogP contribution >= 0.6 is 0 Å². The Morgan fingerprint density at radius 2 is 1.17 bits per heavy atom. The van der Waals surface area contributed by atoms with Gasteiger partial charge in [-0.1, -0.05) is 54.6 Å². The Hall–Kier alpha value is -3.20. The lowest BCUT2D eigenvalue weighted by Gasteiger charge is -2.20. The van der Waals surface area contributed by atoms with E-state index in [1.54, 1.807) is 42.5 Å². The molecule has 3 aromatic rings. The van der Waals surface area contributed by atoms with Gasteiger partial charge in [0.05, 0.1) is 5.56 Å². The zero-order valence-electron chi connectivity index (χ0n) is 12.2. The molecular weight excluding hydrogens is 288 g/mol. The molecule has 0 amide bonds. The van der Waals surface area contributed by atoms with Crippen LogP contribution in [0.25, 0.3) is 0 Å². The molecule has 3 nitrogen and oxygen atoms in total. The smallest absolute Gasteiger partial charge is 0.198 e. The lowest BCUT2D eigenvalue weighted by atomic mass is 9.83. The standard InChI is InChI=1S/C20H12O3/c21-19-14-9-4-5-10-15(14)20(22)18-16(19)11-6-12-17(18)23-13-7-2-1-3-8-13/h1-12H. The molecule has 0 aromatic heterocycles. The fourth-order valence-corrected chi connectivity index (χ4v) is 2.81. The Balaban J connectivity index is 1.87. The highest BCUT2D eigenvalue weighted by Gasteiger charge is 2.32. The third-order valence-electron chi connectivity index (χ3n) is 3.89. The highest BCUT2D eigenvalue weighted by Crippen LogP contribution is 2.35. The molecule has 0 atom stereocenters. The van der Waals surface area contributed by atoms with Gasteiger partial charge in [0.1, 0.15) is 11.5 Å². The molecule has 0 unspecified atom stereocenters. The third-order valence-corrected chi connectivity index (χ3v) is 3.89. The van der Waals surface area contributed by atoms with E-state index in [0.717, 1.165) is 0 Å². The minimum atomic E-state index is -0.179. The van der Waals surface area contributed by atoms with Crippen LogP contribution in [0.15, 0.2) is 72.8 Å². The molecular formula is C20H12O3. The summed E-state index contributed by atoms with van der Waals surface area (Å²) in [5.41, 5.74) is 1.60. The van der Waals surface area contributed by atoms with Crippen molar-refractivity contribution in [3.05, 3.63) is 95.1 Å². The monoisotopic (exact) mass is 300 g/mol. The van der Waals surface area contributed by atoms with Crippen molar-refractivity contribution in [1.29, 1.82) is 0 Å². The number of fused-ring (bicyclic) bond motifs is 2. The van der Waals surface area contributed by atoms with Crippen LogP contribution in [-0.4, -0.2) is 11.6 Å². The summed E-state index contributed by atoms with van der Waals surface area (Å²) in [7, 11) is 0. The van der Waals surface area contributed by atoms with Gasteiger partial charge in [-0.3, -0.25) is 9.59 Å². The molecule has 1 aliphatic rings. The van der Waals surface area contributed by atoms with Gasteiger partial charge in [-0.2, -0.15) is 0 Å². The van der Waals surface area contributed by atoms with Crippen molar-refractivity contribution >= 4 is 11.6 Å². The lowest BCUT2D eigenvalue weighted by Crippen LogP contribution is -2.21. The average molecular weight is 300 g/mol. The fourth-order valence-electron chi connectivity index (χ4n) is 2.81. The Labute approximate surface area is 133 Å². The number of hydrogen-bond donors (Lipinski definition) is 0. The van der Waals surface area contributed by atoms with Gasteiger partial charge in [0.2, 0.25) is 0 Å². The molecule has 1 aliphatic carbocycles. The normalized spacial score (nSPS) is 12.5. The van der Waals surface area contributed by atoms with Gasteiger partial charge in [0.25, 0.3) is 0 Å². The van der Waals surface area contributed by atoms with Gasteiger partial charge in [0, 0.05) is 16.7 Å². The maximum absolute atomic E-state index is 12.8. The molecule has 23 heavy (non-hydrogen) atoms. The number of para-hydroxylation sites is 1. The highest BCUT2D eigenvalue weighted by atomic mass is 16.5. The van der Waals surface area contributed by atoms with Crippen LogP contribution in [0.4, 0.5) is 0 Å². The summed E-state index contributed by atoms with van der Waals surface area (Å²) in [4.78, 5) is 25.5. The number of ether oxygens (including phenoxy) is 1. The number of ketones is 2. The van der Waals surface area contributed by atoms with Crippen molar-refractivity contribution in [1.82, 2.24) is 0 Å². The Kier molecular flexibility index (Phi) is 3.05. The van der Waals surface area contributed by atoms with Crippen molar-refractivity contribution in [2.45, 2.75) is 0 Å². The van der Waals surface area contributed by atoms with Gasteiger partial charge in [-0.25, -0.2) is 0 Å². The minimum absolute atomic E-state index is 0.145. The largest absolute Gasteiger partial charge is 0.457 e. The van der Waals surface area contributed by atoms with Gasteiger partial charge in [0.15, 0.2) is 11.6 Å². The van der Waals surface area contributed by atoms with E-state index in [1.807, 2.05) is 30.3 Å². The molecule has 4 rings (SSSR count). The second-order valence-electron chi connectivity index (χ2n) is 5.30. The summed E-state index contributed by atoms with van der Waals surface area (Å²) >= 11 is 0. The minimum Gasteiger partial charge on any atom is -0.457 e. The Morgan fingerprint density at radius 3 is 1.91 bits per heavy atom. The summed E-state index contributed by atoms with van der Waals surface area (Å²) in [5, 5.41) is 0. The van der Waals surface area contributed by atoms with E-state index in [9.17, 15) is 9.59 Å². The topological polar surface area (TPSA) is 43.4 Å². The molecule has 3 aromatic carbocycles. The predicted molar refractivity (Wildman–Crippen MR) is 86.3 cm³/mol. The van der Waals surface area contributed by atoms with Gasteiger partial charge >= 0.3 is 0 Å². The van der Waals surface area contributed by atoms with E-state index in [0.29, 0.717) is 33.8 Å². The van der Waals surface area contributed by atoms with Crippen LogP contribution in [0.2, 0.25) is 0 Å². The molecule has 0 fully saturated rings. The quantitative estimate of drug-likeness (QED) is 0.555. The molecule has 0 radical (unpaired) electrons. The van der Waals surface area contributed by atoms with Crippen molar-refractivity contribution in [3.8, 4) is 11.5 Å². The van der Waals surface area contributed by atoms with Crippen molar-refractivity contribution < 1.29 is 14.3 Å². The van der Waals surface area contributed by atoms with Crippen LogP contribution in [0, 0.1) is 0 Å². The second kappa shape index (κ2) is 5.21. The Morgan fingerprint density at radius 1 is 0.565 bits per heavy atom. The maximum Gasteiger partial charge on any atom is 0.198 e. The summed E-state index contributed by atoms with van der Waals surface area (Å²) in [6.45, 7) is 0. The molecule has 0 N–H and O–H groups in total. The molecule has 0 aliphatic heterocycles. The van der Waals surface area contributed by atoms with Crippen molar-refractivity contribution in [2.24, 2.45) is 0 Å². The van der Waals surface area contributed by atoms with E-state index < -0.39 is 0 Å². The van der Waals surface area contributed by atoms with Gasteiger partial charge in [-0.05, 0) is 18.2 Å². The number of carbonyl (C=O) groups is 2. The molecule has 110 valence electrons. The zero-order valence-corrected chi connectivity index (χ0v) is 12.2. The highest BCUT2D eigenvalue weighted by molar-refractivity contribution is 6.29. The first kappa shape index (κ1) is 13.5.